The molecular weight excluding hydrogens is 801 g/mol. The highest BCUT2D eigenvalue weighted by Gasteiger charge is 2.60. The molecule has 7 rings (SSSR count). The number of rotatable bonds is 8. The first-order valence-electron chi connectivity index (χ1n) is 22.9. The van der Waals surface area contributed by atoms with Crippen molar-refractivity contribution in [3.05, 3.63) is 59.3 Å². The molecule has 2 bridgehead atoms. The van der Waals surface area contributed by atoms with Gasteiger partial charge in [0.2, 0.25) is 0 Å². The number of hydrogen-bond donors (Lipinski definition) is 3. The minimum Gasteiger partial charge on any atom is -0.462 e. The molecule has 0 unspecified atom stereocenters. The molecule has 0 radical (unpaired) electrons. The average molecular weight is 873 g/mol. The first kappa shape index (κ1) is 47.6. The molecular formula is C48H72O14. The number of esters is 1. The van der Waals surface area contributed by atoms with E-state index in [4.69, 9.17) is 47.4 Å². The van der Waals surface area contributed by atoms with Crippen molar-refractivity contribution in [2.45, 2.75) is 191 Å². The van der Waals surface area contributed by atoms with Gasteiger partial charge in [-0.2, -0.15) is 0 Å². The third kappa shape index (κ3) is 9.64. The maximum atomic E-state index is 14.3. The molecule has 1 spiro atoms. The number of methoxy groups -OCH3 is 2. The summed E-state index contributed by atoms with van der Waals surface area (Å²) in [5.74, 6) is -2.56. The molecule has 4 fully saturated rings. The first-order valence-corrected chi connectivity index (χ1v) is 22.9. The molecule has 0 saturated carbocycles. The van der Waals surface area contributed by atoms with Gasteiger partial charge >= 0.3 is 5.97 Å². The second-order valence-electron chi connectivity index (χ2n) is 19.0. The van der Waals surface area contributed by atoms with Gasteiger partial charge in [0.25, 0.3) is 0 Å². The van der Waals surface area contributed by atoms with Crippen molar-refractivity contribution in [3.8, 4) is 0 Å². The predicted molar refractivity (Wildman–Crippen MR) is 227 cm³/mol. The Morgan fingerprint density at radius 3 is 2.32 bits per heavy atom. The standard InChI is InChI=1S/C48H72O14/c1-11-25(2)43-28(5)17-18-47(62-43)23-34-20-33(61-47)16-15-27(4)42(26(3)13-12-14-32-24-55-45-40(49)29(6)19-35(46(51)58-34)48(32,45)52)59-39-22-37(54-10)44(31(8)57-39)60-38-21-36(53-9)41(50)30(7)56-38/h12-15,17-19,25-26,28,30-31,33-45,49-50,52H,11,16,20-24H2,1-10H3/b13-12+,27-15+,32-14+/t25-,26-,28-,30-,31-,33+,34-,35-,36-,37-,38-,39-,40+,41-,42-,43-,44-,45+,47+,48+/m0/s1. The van der Waals surface area contributed by atoms with E-state index in [1.54, 1.807) is 40.2 Å². The Hall–Kier alpha value is -2.31. The Balaban J connectivity index is 1.18. The maximum absolute atomic E-state index is 14.3. The highest BCUT2D eigenvalue weighted by atomic mass is 16.7. The van der Waals surface area contributed by atoms with E-state index in [0.29, 0.717) is 43.3 Å². The molecule has 20 atom stereocenters. The maximum Gasteiger partial charge on any atom is 0.316 e. The van der Waals surface area contributed by atoms with E-state index in [1.165, 1.54) is 0 Å². The summed E-state index contributed by atoms with van der Waals surface area (Å²) >= 11 is 0. The Kier molecular flexibility index (Phi) is 15.1. The van der Waals surface area contributed by atoms with Crippen molar-refractivity contribution in [2.75, 3.05) is 20.8 Å². The van der Waals surface area contributed by atoms with Crippen LogP contribution < -0.4 is 0 Å². The quantitative estimate of drug-likeness (QED) is 0.210. The lowest BCUT2D eigenvalue weighted by atomic mass is 9.71. The molecule has 0 aromatic heterocycles. The van der Waals surface area contributed by atoms with E-state index >= 15 is 0 Å². The van der Waals surface area contributed by atoms with Crippen LogP contribution in [0.1, 0.15) is 93.9 Å². The number of hydrogen-bond acceptors (Lipinski definition) is 14. The zero-order valence-electron chi connectivity index (χ0n) is 38.2. The van der Waals surface area contributed by atoms with Crippen molar-refractivity contribution in [3.63, 3.8) is 0 Å². The summed E-state index contributed by atoms with van der Waals surface area (Å²) in [5, 5.41) is 34.2. The Bertz CT molecular complexity index is 1730. The fraction of sp³-hybridized carbons (Fsp3) is 0.771. The van der Waals surface area contributed by atoms with Crippen molar-refractivity contribution in [1.29, 1.82) is 0 Å². The van der Waals surface area contributed by atoms with Crippen LogP contribution in [0.25, 0.3) is 0 Å². The summed E-state index contributed by atoms with van der Waals surface area (Å²) in [7, 11) is 3.22. The summed E-state index contributed by atoms with van der Waals surface area (Å²) in [6.45, 7) is 16.1. The van der Waals surface area contributed by atoms with Crippen LogP contribution in [0.5, 0.6) is 0 Å². The molecule has 348 valence electrons. The number of carbonyl (C=O) groups is 1. The van der Waals surface area contributed by atoms with E-state index in [1.807, 2.05) is 32.1 Å². The number of fused-ring (bicyclic) bond motifs is 2. The van der Waals surface area contributed by atoms with Gasteiger partial charge in [-0.3, -0.25) is 4.79 Å². The second kappa shape index (κ2) is 19.7. The topological polar surface area (TPSA) is 170 Å². The second-order valence-corrected chi connectivity index (χ2v) is 19.0. The highest BCUT2D eigenvalue weighted by Crippen LogP contribution is 2.47. The number of ether oxygens (including phenoxy) is 10. The predicted octanol–water partition coefficient (Wildman–Crippen LogP) is 5.38. The smallest absolute Gasteiger partial charge is 0.316 e. The van der Waals surface area contributed by atoms with E-state index < -0.39 is 90.8 Å². The van der Waals surface area contributed by atoms with E-state index in [-0.39, 0.29) is 42.7 Å². The lowest BCUT2D eigenvalue weighted by Crippen LogP contribution is -2.58. The normalized spacial score (nSPS) is 49.1. The van der Waals surface area contributed by atoms with Crippen LogP contribution in [0.3, 0.4) is 0 Å². The van der Waals surface area contributed by atoms with Gasteiger partial charge in [-0.1, -0.05) is 70.6 Å². The van der Waals surface area contributed by atoms with Gasteiger partial charge < -0.3 is 62.7 Å². The molecule has 14 nitrogen and oxygen atoms in total. The zero-order chi connectivity index (χ0) is 44.7. The average Bonchev–Trinajstić information content (AvgIpc) is 3.58. The number of aliphatic hydroxyl groups excluding tert-OH is 2. The van der Waals surface area contributed by atoms with Crippen molar-refractivity contribution in [1.82, 2.24) is 0 Å². The van der Waals surface area contributed by atoms with Crippen LogP contribution in [0.15, 0.2) is 59.3 Å². The SMILES string of the molecule is CC[C@H](C)[C@@H]1O[C@]2(C=C[C@@H]1C)C[C@@H]1C[C@@H](C/C=C(\C)[C@@H](O[C@H]3C[C@H](OC)[C@@H](O[C@H]4C[C@H](OC)[C@@H](O)[C@H](C)O4)[C@H](C)O3)[C@@H](C)/C=C/C=C3\CO[C@@H]4[C@H](O)C(C)=C[C@@H](C(=O)O1)[C@]34O)O2. The lowest BCUT2D eigenvalue weighted by molar-refractivity contribution is -0.318. The van der Waals surface area contributed by atoms with Crippen LogP contribution in [0.2, 0.25) is 0 Å². The summed E-state index contributed by atoms with van der Waals surface area (Å²) in [6.07, 6.45) is 8.55. The van der Waals surface area contributed by atoms with Crippen LogP contribution in [0, 0.1) is 23.7 Å². The Labute approximate surface area is 367 Å². The molecule has 62 heavy (non-hydrogen) atoms. The van der Waals surface area contributed by atoms with E-state index in [9.17, 15) is 20.1 Å². The van der Waals surface area contributed by atoms with Gasteiger partial charge in [-0.05, 0) is 62.8 Å². The largest absolute Gasteiger partial charge is 0.462 e. The fourth-order valence-corrected chi connectivity index (χ4v) is 10.6. The first-order chi connectivity index (χ1) is 29.5. The summed E-state index contributed by atoms with van der Waals surface area (Å²) < 4.78 is 63.7. The molecule has 4 saturated heterocycles. The molecule has 3 N–H and O–H groups in total. The van der Waals surface area contributed by atoms with Crippen LogP contribution in [0.4, 0.5) is 0 Å². The minimum atomic E-state index is -1.84. The van der Waals surface area contributed by atoms with Gasteiger partial charge in [-0.15, -0.1) is 0 Å². The highest BCUT2D eigenvalue weighted by molar-refractivity contribution is 5.78. The third-order valence-electron chi connectivity index (χ3n) is 14.5. The summed E-state index contributed by atoms with van der Waals surface area (Å²) in [5.41, 5.74) is 0.134. The van der Waals surface area contributed by atoms with Gasteiger partial charge in [-0.25, -0.2) is 0 Å². The van der Waals surface area contributed by atoms with Gasteiger partial charge in [0.15, 0.2) is 18.4 Å². The fourth-order valence-electron chi connectivity index (χ4n) is 10.6. The van der Waals surface area contributed by atoms with Crippen LogP contribution in [-0.4, -0.2) is 139 Å². The lowest BCUT2D eigenvalue weighted by Gasteiger charge is -2.48. The Morgan fingerprint density at radius 2 is 1.60 bits per heavy atom. The van der Waals surface area contributed by atoms with Crippen LogP contribution >= 0.6 is 0 Å². The third-order valence-corrected chi connectivity index (χ3v) is 14.5. The molecule has 0 aromatic carbocycles. The van der Waals surface area contributed by atoms with Gasteiger partial charge in [0, 0.05) is 51.7 Å². The molecule has 6 heterocycles. The molecule has 14 heteroatoms. The molecule has 6 aliphatic heterocycles. The summed E-state index contributed by atoms with van der Waals surface area (Å²) in [4.78, 5) is 14.3. The molecule has 7 aliphatic rings. The van der Waals surface area contributed by atoms with Crippen molar-refractivity contribution >= 4 is 5.97 Å². The van der Waals surface area contributed by atoms with Gasteiger partial charge in [0.1, 0.15) is 42.0 Å². The number of aliphatic hydroxyl groups is 3. The van der Waals surface area contributed by atoms with E-state index in [0.717, 1.165) is 12.0 Å². The minimum absolute atomic E-state index is 0.0317. The number of carbonyl (C=O) groups excluding carboxylic acids is 1. The molecule has 0 amide bonds. The van der Waals surface area contributed by atoms with E-state index in [2.05, 4.69) is 39.8 Å². The molecule has 1 aliphatic carbocycles. The summed E-state index contributed by atoms with van der Waals surface area (Å²) in [6, 6.07) is 0. The van der Waals surface area contributed by atoms with Gasteiger partial charge in [0.05, 0.1) is 49.3 Å². The number of allylic oxidation sites excluding steroid dienone is 2. The van der Waals surface area contributed by atoms with Crippen molar-refractivity contribution in [2.24, 2.45) is 23.7 Å². The monoisotopic (exact) mass is 872 g/mol. The Morgan fingerprint density at radius 1 is 0.887 bits per heavy atom. The van der Waals surface area contributed by atoms with Crippen molar-refractivity contribution < 1.29 is 67.5 Å². The van der Waals surface area contributed by atoms with Crippen LogP contribution in [-0.2, 0) is 52.2 Å². The molecule has 0 aromatic rings. The zero-order valence-corrected chi connectivity index (χ0v) is 38.2.